The second-order valence-corrected chi connectivity index (χ2v) is 7.17. The van der Waals surface area contributed by atoms with Crippen molar-refractivity contribution in [3.05, 3.63) is 59.9 Å². The maximum Gasteiger partial charge on any atom is 0.169 e. The Bertz CT molecular complexity index is 1020. The van der Waals surface area contributed by atoms with Crippen molar-refractivity contribution < 1.29 is 9.50 Å². The highest BCUT2D eigenvalue weighted by molar-refractivity contribution is 5.74. The molecule has 29 heavy (non-hydrogen) atoms. The van der Waals surface area contributed by atoms with Gasteiger partial charge in [-0.2, -0.15) is 0 Å². The van der Waals surface area contributed by atoms with Crippen molar-refractivity contribution in [1.82, 2.24) is 15.1 Å². The number of aromatic nitrogens is 2. The van der Waals surface area contributed by atoms with Crippen molar-refractivity contribution in [3.8, 4) is 17.0 Å². The number of aromatic hydroxyl groups is 1. The maximum absolute atomic E-state index is 13.6. The van der Waals surface area contributed by atoms with E-state index in [9.17, 15) is 9.50 Å². The van der Waals surface area contributed by atoms with Gasteiger partial charge in [-0.3, -0.25) is 4.90 Å². The van der Waals surface area contributed by atoms with Crippen molar-refractivity contribution in [2.24, 2.45) is 0 Å². The molecular formula is C21H23FN6O. The van der Waals surface area contributed by atoms with Gasteiger partial charge in [-0.25, -0.2) is 4.39 Å². The molecule has 0 radical (unpaired) electrons. The molecule has 5 N–H and O–H groups in total. The summed E-state index contributed by atoms with van der Waals surface area (Å²) in [6, 6.07) is 13.4. The van der Waals surface area contributed by atoms with Gasteiger partial charge in [-0.15, -0.1) is 10.2 Å². The SMILES string of the molecule is Nc1cccc(CN2CCN(c3cc(-c4cc(F)ccc4O)nnc3N)CC2)c1. The average Bonchev–Trinajstić information content (AvgIpc) is 2.71. The standard InChI is InChI=1S/C21H23FN6O/c22-15-4-5-20(29)17(11-15)18-12-19(21(24)26-25-18)28-8-6-27(7-9-28)13-14-2-1-3-16(23)10-14/h1-5,10-12,29H,6-9,13,23H2,(H2,24,26). The summed E-state index contributed by atoms with van der Waals surface area (Å²) in [5, 5.41) is 18.1. The van der Waals surface area contributed by atoms with E-state index in [4.69, 9.17) is 11.5 Å². The van der Waals surface area contributed by atoms with Gasteiger partial charge in [0.2, 0.25) is 0 Å². The van der Waals surface area contributed by atoms with E-state index in [0.717, 1.165) is 44.1 Å². The van der Waals surface area contributed by atoms with Crippen molar-refractivity contribution >= 4 is 17.2 Å². The van der Waals surface area contributed by atoms with Gasteiger partial charge in [0.1, 0.15) is 11.6 Å². The fourth-order valence-corrected chi connectivity index (χ4v) is 3.59. The highest BCUT2D eigenvalue weighted by Crippen LogP contribution is 2.32. The number of phenolic OH excluding ortho intramolecular Hbond substituents is 1. The second-order valence-electron chi connectivity index (χ2n) is 7.17. The molecule has 150 valence electrons. The third kappa shape index (κ3) is 4.22. The Labute approximate surface area is 168 Å². The van der Waals surface area contributed by atoms with Crippen molar-refractivity contribution in [2.45, 2.75) is 6.54 Å². The Morgan fingerprint density at radius 1 is 0.966 bits per heavy atom. The van der Waals surface area contributed by atoms with Crippen LogP contribution in [0, 0.1) is 5.82 Å². The van der Waals surface area contributed by atoms with E-state index in [2.05, 4.69) is 26.1 Å². The first-order valence-corrected chi connectivity index (χ1v) is 9.43. The lowest BCUT2D eigenvalue weighted by atomic mass is 10.1. The zero-order valence-electron chi connectivity index (χ0n) is 15.9. The number of nitrogens with zero attached hydrogens (tertiary/aromatic N) is 4. The lowest BCUT2D eigenvalue weighted by molar-refractivity contribution is 0.250. The van der Waals surface area contributed by atoms with Gasteiger partial charge in [0.15, 0.2) is 5.82 Å². The maximum atomic E-state index is 13.6. The summed E-state index contributed by atoms with van der Waals surface area (Å²) in [5.41, 5.74) is 15.3. The van der Waals surface area contributed by atoms with Gasteiger partial charge in [-0.1, -0.05) is 12.1 Å². The number of halogens is 1. The molecule has 2 aromatic carbocycles. The van der Waals surface area contributed by atoms with E-state index in [1.54, 1.807) is 6.07 Å². The van der Waals surface area contributed by atoms with Crippen LogP contribution < -0.4 is 16.4 Å². The minimum Gasteiger partial charge on any atom is -0.507 e. The van der Waals surface area contributed by atoms with E-state index in [-0.39, 0.29) is 5.75 Å². The Hall–Kier alpha value is -3.39. The predicted molar refractivity (Wildman–Crippen MR) is 112 cm³/mol. The van der Waals surface area contributed by atoms with E-state index in [1.807, 2.05) is 18.2 Å². The molecular weight excluding hydrogens is 371 g/mol. The number of phenols is 1. The minimum atomic E-state index is -0.451. The average molecular weight is 394 g/mol. The highest BCUT2D eigenvalue weighted by Gasteiger charge is 2.21. The second kappa shape index (κ2) is 7.92. The Morgan fingerprint density at radius 2 is 1.76 bits per heavy atom. The molecule has 1 aromatic heterocycles. The van der Waals surface area contributed by atoms with Gasteiger partial charge < -0.3 is 21.5 Å². The number of piperazine rings is 1. The van der Waals surface area contributed by atoms with Crippen LogP contribution in [0.15, 0.2) is 48.5 Å². The Morgan fingerprint density at radius 3 is 2.52 bits per heavy atom. The van der Waals surface area contributed by atoms with Crippen LogP contribution in [0.25, 0.3) is 11.3 Å². The first-order chi connectivity index (χ1) is 14.0. The summed E-state index contributed by atoms with van der Waals surface area (Å²) in [7, 11) is 0. The number of hydrogen-bond donors (Lipinski definition) is 3. The molecule has 0 atom stereocenters. The number of benzene rings is 2. The van der Waals surface area contributed by atoms with Crippen LogP contribution in [-0.2, 0) is 6.54 Å². The van der Waals surface area contributed by atoms with Crippen LogP contribution >= 0.6 is 0 Å². The zero-order chi connectivity index (χ0) is 20.4. The predicted octanol–water partition coefficient (Wildman–Crippen LogP) is 2.47. The Balaban J connectivity index is 1.49. The molecule has 0 amide bonds. The molecule has 0 saturated carbocycles. The Kier molecular flexibility index (Phi) is 5.18. The largest absolute Gasteiger partial charge is 0.507 e. The number of nitrogen functional groups attached to an aromatic ring is 2. The molecule has 2 heterocycles. The lowest BCUT2D eigenvalue weighted by Gasteiger charge is -2.36. The normalized spacial score (nSPS) is 14.9. The first-order valence-electron chi connectivity index (χ1n) is 9.43. The molecule has 0 unspecified atom stereocenters. The summed E-state index contributed by atoms with van der Waals surface area (Å²) in [4.78, 5) is 4.50. The molecule has 1 aliphatic rings. The van der Waals surface area contributed by atoms with E-state index >= 15 is 0 Å². The first kappa shape index (κ1) is 18.9. The number of hydrogen-bond acceptors (Lipinski definition) is 7. The van der Waals surface area contributed by atoms with Gasteiger partial charge in [0, 0.05) is 44.0 Å². The van der Waals surface area contributed by atoms with E-state index in [0.29, 0.717) is 17.1 Å². The fraction of sp³-hybridized carbons (Fsp3) is 0.238. The number of nitrogens with two attached hydrogens (primary N) is 2. The molecule has 0 aliphatic carbocycles. The molecule has 1 fully saturated rings. The quantitative estimate of drug-likeness (QED) is 0.584. The number of anilines is 3. The van der Waals surface area contributed by atoms with Crippen molar-refractivity contribution in [1.29, 1.82) is 0 Å². The molecule has 7 nitrogen and oxygen atoms in total. The zero-order valence-corrected chi connectivity index (χ0v) is 15.9. The van der Waals surface area contributed by atoms with Crippen molar-refractivity contribution in [2.75, 3.05) is 42.5 Å². The number of rotatable bonds is 4. The summed E-state index contributed by atoms with van der Waals surface area (Å²) in [5.74, 6) is -0.189. The molecule has 1 aliphatic heterocycles. The molecule has 3 aromatic rings. The third-order valence-corrected chi connectivity index (χ3v) is 5.11. The molecule has 1 saturated heterocycles. The molecule has 4 rings (SSSR count). The smallest absolute Gasteiger partial charge is 0.169 e. The fourth-order valence-electron chi connectivity index (χ4n) is 3.59. The van der Waals surface area contributed by atoms with Crippen LogP contribution in [0.3, 0.4) is 0 Å². The molecule has 0 bridgehead atoms. The van der Waals surface area contributed by atoms with Crippen LogP contribution in [-0.4, -0.2) is 46.4 Å². The van der Waals surface area contributed by atoms with Crippen LogP contribution in [0.2, 0.25) is 0 Å². The minimum absolute atomic E-state index is 0.0524. The lowest BCUT2D eigenvalue weighted by Crippen LogP contribution is -2.46. The molecule has 8 heteroatoms. The summed E-state index contributed by atoms with van der Waals surface area (Å²) in [6.45, 7) is 4.10. The van der Waals surface area contributed by atoms with Gasteiger partial charge in [0.25, 0.3) is 0 Å². The highest BCUT2D eigenvalue weighted by atomic mass is 19.1. The van der Waals surface area contributed by atoms with Crippen LogP contribution in [0.4, 0.5) is 21.6 Å². The summed E-state index contributed by atoms with van der Waals surface area (Å²) < 4.78 is 13.6. The van der Waals surface area contributed by atoms with Gasteiger partial charge in [0.05, 0.1) is 11.4 Å². The molecule has 0 spiro atoms. The van der Waals surface area contributed by atoms with Crippen LogP contribution in [0.1, 0.15) is 5.56 Å². The third-order valence-electron chi connectivity index (χ3n) is 5.11. The summed E-state index contributed by atoms with van der Waals surface area (Å²) in [6.07, 6.45) is 0. The van der Waals surface area contributed by atoms with Gasteiger partial charge >= 0.3 is 0 Å². The summed E-state index contributed by atoms with van der Waals surface area (Å²) >= 11 is 0. The van der Waals surface area contributed by atoms with Gasteiger partial charge in [-0.05, 0) is 42.0 Å². The van der Waals surface area contributed by atoms with Crippen LogP contribution in [0.5, 0.6) is 5.75 Å². The van der Waals surface area contributed by atoms with Crippen molar-refractivity contribution in [3.63, 3.8) is 0 Å². The monoisotopic (exact) mass is 394 g/mol. The van der Waals surface area contributed by atoms with E-state index in [1.165, 1.54) is 23.8 Å². The topological polar surface area (TPSA) is 105 Å². The van der Waals surface area contributed by atoms with E-state index < -0.39 is 5.82 Å².